The van der Waals surface area contributed by atoms with Crippen molar-refractivity contribution >= 4 is 34.8 Å². The monoisotopic (exact) mass is 385 g/mol. The molecule has 6 heteroatoms. The molecular weight excluding hydrogens is 369 g/mol. The lowest BCUT2D eigenvalue weighted by atomic mass is 10.2. The highest BCUT2D eigenvalue weighted by Gasteiger charge is 2.07. The fourth-order valence-electron chi connectivity index (χ4n) is 2.35. The molecule has 0 spiro atoms. The van der Waals surface area contributed by atoms with E-state index in [4.69, 9.17) is 23.2 Å². The summed E-state index contributed by atoms with van der Waals surface area (Å²) in [5.41, 5.74) is 3.35. The van der Waals surface area contributed by atoms with E-state index in [-0.39, 0.29) is 5.91 Å². The van der Waals surface area contributed by atoms with Crippen molar-refractivity contribution in [2.75, 3.05) is 5.32 Å². The molecule has 0 fully saturated rings. The summed E-state index contributed by atoms with van der Waals surface area (Å²) >= 11 is 11.7. The highest BCUT2D eigenvalue weighted by Crippen LogP contribution is 2.14. The van der Waals surface area contributed by atoms with E-state index in [0.29, 0.717) is 28.7 Å². The van der Waals surface area contributed by atoms with E-state index in [1.165, 1.54) is 0 Å². The Hall–Kier alpha value is -2.56. The van der Waals surface area contributed by atoms with Crippen LogP contribution in [-0.4, -0.2) is 10.9 Å². The summed E-state index contributed by atoms with van der Waals surface area (Å²) in [6.45, 7) is 1.05. The average Bonchev–Trinajstić information content (AvgIpc) is 2.67. The fraction of sp³-hybridized carbons (Fsp3) is 0.100. The Balaban J connectivity index is 1.58. The predicted molar refractivity (Wildman–Crippen MR) is 106 cm³/mol. The highest BCUT2D eigenvalue weighted by molar-refractivity contribution is 6.30. The standard InChI is InChI=1S/C20H17Cl2N3O/c21-17-5-1-14(2-6-17)10-24-19-9-16(12-23-13-19)20(26)25-11-15-3-7-18(22)8-4-15/h1-9,12-13,24H,10-11H2,(H,25,26). The van der Waals surface area contributed by atoms with E-state index in [9.17, 15) is 4.79 Å². The van der Waals surface area contributed by atoms with E-state index < -0.39 is 0 Å². The Kier molecular flexibility index (Phi) is 6.10. The van der Waals surface area contributed by atoms with Gasteiger partial charge in [-0.05, 0) is 41.5 Å². The lowest BCUT2D eigenvalue weighted by molar-refractivity contribution is 0.0950. The largest absolute Gasteiger partial charge is 0.380 e. The number of aromatic nitrogens is 1. The van der Waals surface area contributed by atoms with Crippen LogP contribution in [0.1, 0.15) is 21.5 Å². The SMILES string of the molecule is O=C(NCc1ccc(Cl)cc1)c1cncc(NCc2ccc(Cl)cc2)c1. The molecule has 0 bridgehead atoms. The molecule has 0 unspecified atom stereocenters. The quantitative estimate of drug-likeness (QED) is 0.632. The van der Waals surface area contributed by atoms with E-state index in [2.05, 4.69) is 15.6 Å². The van der Waals surface area contributed by atoms with Crippen molar-refractivity contribution in [2.24, 2.45) is 0 Å². The number of halogens is 2. The predicted octanol–water partition coefficient (Wildman–Crippen LogP) is 4.93. The molecule has 3 rings (SSSR count). The zero-order chi connectivity index (χ0) is 18.4. The fourth-order valence-corrected chi connectivity index (χ4v) is 2.61. The van der Waals surface area contributed by atoms with E-state index in [1.54, 1.807) is 30.6 Å². The number of nitrogens with zero attached hydrogens (tertiary/aromatic N) is 1. The van der Waals surface area contributed by atoms with Crippen molar-refractivity contribution < 1.29 is 4.79 Å². The summed E-state index contributed by atoms with van der Waals surface area (Å²) < 4.78 is 0. The first-order valence-corrected chi connectivity index (χ1v) is 8.82. The van der Waals surface area contributed by atoms with Crippen LogP contribution >= 0.6 is 23.2 Å². The molecule has 0 aliphatic heterocycles. The Morgan fingerprint density at radius 1 is 0.846 bits per heavy atom. The number of nitrogens with one attached hydrogen (secondary N) is 2. The second-order valence-corrected chi connectivity index (χ2v) is 6.62. The maximum Gasteiger partial charge on any atom is 0.253 e. The van der Waals surface area contributed by atoms with Gasteiger partial charge in [-0.25, -0.2) is 0 Å². The normalized spacial score (nSPS) is 10.4. The topological polar surface area (TPSA) is 54.0 Å². The van der Waals surface area contributed by atoms with Gasteiger partial charge in [0.05, 0.1) is 11.3 Å². The molecule has 0 aliphatic carbocycles. The molecule has 132 valence electrons. The number of amides is 1. The van der Waals surface area contributed by atoms with Gasteiger partial charge in [-0.2, -0.15) is 0 Å². The van der Waals surface area contributed by atoms with Gasteiger partial charge in [0.1, 0.15) is 0 Å². The Bertz CT molecular complexity index is 880. The van der Waals surface area contributed by atoms with Gasteiger partial charge < -0.3 is 10.6 Å². The van der Waals surface area contributed by atoms with Crippen LogP contribution in [0.4, 0.5) is 5.69 Å². The van der Waals surface area contributed by atoms with Crippen LogP contribution in [-0.2, 0) is 13.1 Å². The Morgan fingerprint density at radius 3 is 2.04 bits per heavy atom. The number of rotatable bonds is 6. The first kappa shape index (κ1) is 18.2. The van der Waals surface area contributed by atoms with Crippen molar-refractivity contribution in [3.8, 4) is 0 Å². The van der Waals surface area contributed by atoms with Gasteiger partial charge >= 0.3 is 0 Å². The van der Waals surface area contributed by atoms with Crippen LogP contribution in [0.2, 0.25) is 10.0 Å². The van der Waals surface area contributed by atoms with Gasteiger partial charge in [0.2, 0.25) is 0 Å². The number of carbonyl (C=O) groups is 1. The third kappa shape index (κ3) is 5.22. The minimum atomic E-state index is -0.178. The molecule has 0 saturated heterocycles. The molecule has 1 amide bonds. The van der Waals surface area contributed by atoms with Crippen LogP contribution in [0.25, 0.3) is 0 Å². The van der Waals surface area contributed by atoms with E-state index in [1.807, 2.05) is 36.4 Å². The van der Waals surface area contributed by atoms with Gasteiger partial charge in [-0.3, -0.25) is 9.78 Å². The van der Waals surface area contributed by atoms with Crippen LogP contribution in [0.5, 0.6) is 0 Å². The third-order valence-electron chi connectivity index (χ3n) is 3.78. The van der Waals surface area contributed by atoms with Gasteiger partial charge in [0.25, 0.3) is 5.91 Å². The summed E-state index contributed by atoms with van der Waals surface area (Å²) in [4.78, 5) is 16.5. The van der Waals surface area contributed by atoms with Crippen LogP contribution in [0.3, 0.4) is 0 Å². The highest BCUT2D eigenvalue weighted by atomic mass is 35.5. The summed E-state index contributed by atoms with van der Waals surface area (Å²) in [6, 6.07) is 16.7. The number of carbonyl (C=O) groups excluding carboxylic acids is 1. The van der Waals surface area contributed by atoms with Crippen molar-refractivity contribution in [3.63, 3.8) is 0 Å². The van der Waals surface area contributed by atoms with Gasteiger partial charge in [0, 0.05) is 35.5 Å². The molecule has 2 N–H and O–H groups in total. The number of benzene rings is 2. The second-order valence-electron chi connectivity index (χ2n) is 5.75. The third-order valence-corrected chi connectivity index (χ3v) is 4.28. The summed E-state index contributed by atoms with van der Waals surface area (Å²) in [7, 11) is 0. The minimum absolute atomic E-state index is 0.178. The van der Waals surface area contributed by atoms with Crippen molar-refractivity contribution in [3.05, 3.63) is 93.7 Å². The number of pyridine rings is 1. The minimum Gasteiger partial charge on any atom is -0.380 e. The van der Waals surface area contributed by atoms with Gasteiger partial charge in [-0.1, -0.05) is 47.5 Å². The van der Waals surface area contributed by atoms with Crippen LogP contribution in [0.15, 0.2) is 67.0 Å². The zero-order valence-electron chi connectivity index (χ0n) is 13.9. The molecule has 0 atom stereocenters. The Labute approximate surface area is 162 Å². The molecular formula is C20H17Cl2N3O. The van der Waals surface area contributed by atoms with Crippen LogP contribution < -0.4 is 10.6 Å². The van der Waals surface area contributed by atoms with E-state index >= 15 is 0 Å². The van der Waals surface area contributed by atoms with Crippen molar-refractivity contribution in [2.45, 2.75) is 13.1 Å². The molecule has 0 aliphatic rings. The molecule has 3 aromatic rings. The molecule has 1 aromatic heterocycles. The first-order chi connectivity index (χ1) is 12.6. The molecule has 26 heavy (non-hydrogen) atoms. The summed E-state index contributed by atoms with van der Waals surface area (Å²) in [5.74, 6) is -0.178. The zero-order valence-corrected chi connectivity index (χ0v) is 15.4. The maximum absolute atomic E-state index is 12.3. The lowest BCUT2D eigenvalue weighted by Crippen LogP contribution is -2.23. The van der Waals surface area contributed by atoms with Crippen LogP contribution in [0, 0.1) is 0 Å². The van der Waals surface area contributed by atoms with Crippen molar-refractivity contribution in [1.29, 1.82) is 0 Å². The number of hydrogen-bond acceptors (Lipinski definition) is 3. The molecule has 2 aromatic carbocycles. The first-order valence-electron chi connectivity index (χ1n) is 8.06. The molecule has 4 nitrogen and oxygen atoms in total. The molecule has 1 heterocycles. The number of hydrogen-bond donors (Lipinski definition) is 2. The average molecular weight is 386 g/mol. The summed E-state index contributed by atoms with van der Waals surface area (Å²) in [5, 5.41) is 7.51. The van der Waals surface area contributed by atoms with Gasteiger partial charge in [-0.15, -0.1) is 0 Å². The summed E-state index contributed by atoms with van der Waals surface area (Å²) in [6.07, 6.45) is 3.23. The lowest BCUT2D eigenvalue weighted by Gasteiger charge is -2.09. The Morgan fingerprint density at radius 2 is 1.42 bits per heavy atom. The molecule has 0 saturated carbocycles. The smallest absolute Gasteiger partial charge is 0.253 e. The van der Waals surface area contributed by atoms with Gasteiger partial charge in [0.15, 0.2) is 0 Å². The maximum atomic E-state index is 12.3. The van der Waals surface area contributed by atoms with E-state index in [0.717, 1.165) is 16.8 Å². The van der Waals surface area contributed by atoms with Crippen molar-refractivity contribution in [1.82, 2.24) is 10.3 Å². The number of anilines is 1. The second kappa shape index (κ2) is 8.70. The molecule has 0 radical (unpaired) electrons.